The molecule has 1 heterocycles. The van der Waals surface area contributed by atoms with Crippen LogP contribution < -0.4 is 0 Å². The average Bonchev–Trinajstić information content (AvgIpc) is 2.52. The lowest BCUT2D eigenvalue weighted by Gasteiger charge is -2.43. The molecule has 0 amide bonds. The molecule has 0 N–H and O–H groups in total. The molecule has 1 aliphatic heterocycles. The van der Waals surface area contributed by atoms with Gasteiger partial charge < -0.3 is 18.9 Å². The first-order valence-corrected chi connectivity index (χ1v) is 9.99. The molecule has 0 saturated carbocycles. The van der Waals surface area contributed by atoms with Gasteiger partial charge in [0, 0.05) is 20.8 Å². The highest BCUT2D eigenvalue weighted by Gasteiger charge is 2.50. The van der Waals surface area contributed by atoms with E-state index in [4.69, 9.17) is 18.9 Å². The van der Waals surface area contributed by atoms with Crippen LogP contribution in [0.25, 0.3) is 0 Å². The van der Waals surface area contributed by atoms with Gasteiger partial charge in [0.05, 0.1) is 0 Å². The van der Waals surface area contributed by atoms with E-state index >= 15 is 0 Å². The van der Waals surface area contributed by atoms with Crippen LogP contribution >= 0.6 is 15.9 Å². The molecule has 1 rings (SSSR count). The van der Waals surface area contributed by atoms with Gasteiger partial charge in [-0.2, -0.15) is 0 Å². The van der Waals surface area contributed by atoms with Gasteiger partial charge in [-0.15, -0.1) is 0 Å². The van der Waals surface area contributed by atoms with E-state index in [2.05, 4.69) is 22.9 Å². The number of halogens is 1. The van der Waals surface area contributed by atoms with E-state index in [1.165, 1.54) is 27.2 Å². The minimum Gasteiger partial charge on any atom is -0.456 e. The Morgan fingerprint density at radius 2 is 1.31 bits per heavy atom. The molecule has 1 fully saturated rings. The molecule has 0 aliphatic carbocycles. The van der Waals surface area contributed by atoms with E-state index in [1.807, 2.05) is 0 Å². The zero-order valence-corrected chi connectivity index (χ0v) is 17.5. The molecule has 0 aromatic rings. The van der Waals surface area contributed by atoms with Gasteiger partial charge in [0.2, 0.25) is 0 Å². The lowest BCUT2D eigenvalue weighted by Crippen LogP contribution is -2.59. The topological polar surface area (TPSA) is 88.1 Å². The maximum atomic E-state index is 11.6. The van der Waals surface area contributed by atoms with Gasteiger partial charge in [-0.05, 0) is 6.42 Å². The van der Waals surface area contributed by atoms with E-state index in [-0.39, 0.29) is 0 Å². The van der Waals surface area contributed by atoms with Crippen molar-refractivity contribution in [2.45, 2.75) is 95.6 Å². The van der Waals surface area contributed by atoms with E-state index < -0.39 is 47.3 Å². The predicted octanol–water partition coefficient (Wildman–Crippen LogP) is 3.26. The van der Waals surface area contributed by atoms with E-state index in [1.54, 1.807) is 0 Å². The zero-order valence-electron chi connectivity index (χ0n) is 15.9. The van der Waals surface area contributed by atoms with Crippen molar-refractivity contribution in [3.05, 3.63) is 0 Å². The first-order valence-electron chi connectivity index (χ1n) is 9.07. The van der Waals surface area contributed by atoms with Crippen LogP contribution in [-0.2, 0) is 33.3 Å². The van der Waals surface area contributed by atoms with Gasteiger partial charge in [-0.1, -0.05) is 55.0 Å². The molecule has 0 aromatic heterocycles. The van der Waals surface area contributed by atoms with E-state index in [9.17, 15) is 14.4 Å². The quantitative estimate of drug-likeness (QED) is 0.237. The number of carbonyl (C=O) groups is 3. The van der Waals surface area contributed by atoms with Crippen molar-refractivity contribution in [2.75, 3.05) is 0 Å². The molecule has 0 aromatic carbocycles. The largest absolute Gasteiger partial charge is 0.456 e. The number of unbranched alkanes of at least 4 members (excludes halogenated alkanes) is 4. The van der Waals surface area contributed by atoms with Gasteiger partial charge in [0.15, 0.2) is 23.3 Å². The molecule has 0 unspecified atom stereocenters. The maximum Gasteiger partial charge on any atom is 0.303 e. The van der Waals surface area contributed by atoms with Crippen LogP contribution in [0.2, 0.25) is 0 Å². The fourth-order valence-electron chi connectivity index (χ4n) is 3.02. The second-order valence-corrected chi connectivity index (χ2v) is 7.35. The summed E-state index contributed by atoms with van der Waals surface area (Å²) in [4.78, 5) is 34.6. The Kier molecular flexibility index (Phi) is 10.2. The Bertz CT molecular complexity index is 482. The second-order valence-electron chi connectivity index (χ2n) is 6.45. The third-order valence-electron chi connectivity index (χ3n) is 4.08. The first kappa shape index (κ1) is 22.9. The number of ether oxygens (including phenoxy) is 4. The third kappa shape index (κ3) is 7.61. The molecule has 26 heavy (non-hydrogen) atoms. The van der Waals surface area contributed by atoms with Crippen LogP contribution in [0.5, 0.6) is 0 Å². The third-order valence-corrected chi connectivity index (χ3v) is 4.81. The number of esters is 3. The van der Waals surface area contributed by atoms with E-state index in [0.717, 1.165) is 25.7 Å². The van der Waals surface area contributed by atoms with Crippen molar-refractivity contribution in [1.82, 2.24) is 0 Å². The van der Waals surface area contributed by atoms with Crippen molar-refractivity contribution in [3.8, 4) is 0 Å². The van der Waals surface area contributed by atoms with Crippen molar-refractivity contribution in [3.63, 3.8) is 0 Å². The molecular weight excluding hydrogens is 408 g/mol. The van der Waals surface area contributed by atoms with Crippen LogP contribution in [0.1, 0.15) is 66.2 Å². The van der Waals surface area contributed by atoms with Crippen molar-refractivity contribution >= 4 is 33.8 Å². The van der Waals surface area contributed by atoms with Crippen LogP contribution in [0.15, 0.2) is 0 Å². The van der Waals surface area contributed by atoms with Gasteiger partial charge in [-0.3, -0.25) is 14.4 Å². The number of rotatable bonds is 9. The average molecular weight is 437 g/mol. The van der Waals surface area contributed by atoms with Crippen LogP contribution in [-0.4, -0.2) is 47.3 Å². The Morgan fingerprint density at radius 1 is 0.808 bits per heavy atom. The lowest BCUT2D eigenvalue weighted by atomic mass is 9.95. The second kappa shape index (κ2) is 11.5. The summed E-state index contributed by atoms with van der Waals surface area (Å²) >= 11 is 3.35. The molecule has 0 radical (unpaired) electrons. The van der Waals surface area contributed by atoms with Crippen LogP contribution in [0.4, 0.5) is 0 Å². The molecule has 8 heteroatoms. The van der Waals surface area contributed by atoms with Crippen molar-refractivity contribution < 1.29 is 33.3 Å². The summed E-state index contributed by atoms with van der Waals surface area (Å²) in [5.41, 5.74) is 0. The van der Waals surface area contributed by atoms with Gasteiger partial charge in [0.1, 0.15) is 6.10 Å². The summed E-state index contributed by atoms with van der Waals surface area (Å²) in [6.45, 7) is 5.94. The zero-order chi connectivity index (χ0) is 19.7. The number of alkyl halides is 1. The summed E-state index contributed by atoms with van der Waals surface area (Å²) in [6.07, 6.45) is 2.91. The number of hydrogen-bond acceptors (Lipinski definition) is 7. The van der Waals surface area contributed by atoms with Gasteiger partial charge in [-0.25, -0.2) is 0 Å². The Labute approximate surface area is 163 Å². The van der Waals surface area contributed by atoms with Crippen molar-refractivity contribution in [2.24, 2.45) is 0 Å². The standard InChI is InChI=1S/C18H29BrO7/c1-5-6-7-8-9-10-14-15(23-11(2)20)16(24-12(3)21)17(18(19)26-14)25-13(4)22/h14-18H,5-10H2,1-4H3/t14-,15+,16+,17-,18+/m0/s1. The summed E-state index contributed by atoms with van der Waals surface area (Å²) in [5.74, 6) is -1.60. The summed E-state index contributed by atoms with van der Waals surface area (Å²) in [7, 11) is 0. The molecule has 5 atom stereocenters. The maximum absolute atomic E-state index is 11.6. The predicted molar refractivity (Wildman–Crippen MR) is 97.6 cm³/mol. The molecule has 0 bridgehead atoms. The normalized spacial score (nSPS) is 28.3. The molecular formula is C18H29BrO7. The molecule has 0 spiro atoms. The monoisotopic (exact) mass is 436 g/mol. The summed E-state index contributed by atoms with van der Waals surface area (Å²) in [5, 5.41) is -0.664. The summed E-state index contributed by atoms with van der Waals surface area (Å²) in [6, 6.07) is 0. The minimum absolute atomic E-state index is 0.457. The first-order chi connectivity index (χ1) is 12.3. The fraction of sp³-hybridized carbons (Fsp3) is 0.833. The highest BCUT2D eigenvalue weighted by molar-refractivity contribution is 9.09. The smallest absolute Gasteiger partial charge is 0.303 e. The fourth-order valence-corrected chi connectivity index (χ4v) is 3.71. The summed E-state index contributed by atoms with van der Waals surface area (Å²) < 4.78 is 21.9. The van der Waals surface area contributed by atoms with Crippen LogP contribution in [0, 0.1) is 0 Å². The Hall–Kier alpha value is -1.15. The Balaban J connectivity index is 2.92. The number of carbonyl (C=O) groups excluding carboxylic acids is 3. The van der Waals surface area contributed by atoms with Crippen LogP contribution in [0.3, 0.4) is 0 Å². The van der Waals surface area contributed by atoms with Gasteiger partial charge >= 0.3 is 17.9 Å². The number of hydrogen-bond donors (Lipinski definition) is 0. The highest BCUT2D eigenvalue weighted by atomic mass is 79.9. The lowest BCUT2D eigenvalue weighted by molar-refractivity contribution is -0.231. The molecule has 1 aliphatic rings. The molecule has 150 valence electrons. The Morgan fingerprint density at radius 3 is 1.85 bits per heavy atom. The highest BCUT2D eigenvalue weighted by Crippen LogP contribution is 2.33. The van der Waals surface area contributed by atoms with Gasteiger partial charge in [0.25, 0.3) is 0 Å². The van der Waals surface area contributed by atoms with E-state index in [0.29, 0.717) is 6.42 Å². The molecule has 7 nitrogen and oxygen atoms in total. The minimum atomic E-state index is -0.931. The molecule has 1 saturated heterocycles. The van der Waals surface area contributed by atoms with Crippen molar-refractivity contribution in [1.29, 1.82) is 0 Å². The SMILES string of the molecule is CCCCCCC[C@@H]1O[C@@H](Br)[C@@H](OC(C)=O)[C@H](OC(C)=O)[C@@H]1OC(C)=O.